The topological polar surface area (TPSA) is 55.1 Å². The van der Waals surface area contributed by atoms with Crippen LogP contribution in [0, 0.1) is 0 Å². The number of amides is 1. The molecule has 0 fully saturated rings. The van der Waals surface area contributed by atoms with Crippen LogP contribution in [0.2, 0.25) is 4.34 Å². The maximum atomic E-state index is 11.8. The molecule has 1 amide bonds. The highest BCUT2D eigenvalue weighted by Crippen LogP contribution is 2.28. The van der Waals surface area contributed by atoms with Crippen LogP contribution in [0.15, 0.2) is 36.4 Å². The molecule has 0 radical (unpaired) electrons. The number of anilines is 1. The molecule has 17 heavy (non-hydrogen) atoms. The van der Waals surface area contributed by atoms with Crippen molar-refractivity contribution in [3.05, 3.63) is 51.9 Å². The number of carbonyl (C=O) groups is 1. The monoisotopic (exact) mass is 266 g/mol. The van der Waals surface area contributed by atoms with Gasteiger partial charge in [-0.1, -0.05) is 41.9 Å². The van der Waals surface area contributed by atoms with Crippen molar-refractivity contribution in [3.8, 4) is 0 Å². The van der Waals surface area contributed by atoms with Gasteiger partial charge in [-0.25, -0.2) is 0 Å². The van der Waals surface area contributed by atoms with E-state index in [-0.39, 0.29) is 5.91 Å². The van der Waals surface area contributed by atoms with Gasteiger partial charge in [-0.15, -0.1) is 11.3 Å². The molecule has 1 heterocycles. The Morgan fingerprint density at radius 2 is 2.06 bits per heavy atom. The van der Waals surface area contributed by atoms with Crippen molar-refractivity contribution in [2.75, 3.05) is 5.73 Å². The molecular formula is C12H11ClN2OS. The quantitative estimate of drug-likeness (QED) is 0.897. The summed E-state index contributed by atoms with van der Waals surface area (Å²) in [6, 6.07) is 11.3. The molecule has 0 aliphatic carbocycles. The van der Waals surface area contributed by atoms with Crippen molar-refractivity contribution in [1.82, 2.24) is 5.32 Å². The van der Waals surface area contributed by atoms with Gasteiger partial charge in [0.2, 0.25) is 0 Å². The molecule has 0 aliphatic rings. The first-order valence-electron chi connectivity index (χ1n) is 5.04. The van der Waals surface area contributed by atoms with Gasteiger partial charge in [0.1, 0.15) is 5.00 Å². The number of nitrogen functional groups attached to an aromatic ring is 1. The minimum Gasteiger partial charge on any atom is -0.390 e. The van der Waals surface area contributed by atoms with E-state index >= 15 is 0 Å². The van der Waals surface area contributed by atoms with E-state index in [1.54, 1.807) is 6.07 Å². The molecule has 0 unspecified atom stereocenters. The summed E-state index contributed by atoms with van der Waals surface area (Å²) in [5, 5.41) is 3.24. The molecule has 0 aliphatic heterocycles. The fourth-order valence-corrected chi connectivity index (χ4v) is 2.43. The zero-order valence-corrected chi connectivity index (χ0v) is 10.5. The van der Waals surface area contributed by atoms with Crippen molar-refractivity contribution in [2.45, 2.75) is 6.54 Å². The molecule has 2 aromatic rings. The standard InChI is InChI=1S/C12H11ClN2OS/c13-10-6-9(11(14)17-10)12(16)15-7-8-4-2-1-3-5-8/h1-6H,7,14H2,(H,15,16). The van der Waals surface area contributed by atoms with E-state index in [2.05, 4.69) is 5.32 Å². The number of carbonyl (C=O) groups excluding carboxylic acids is 1. The molecule has 0 saturated heterocycles. The van der Waals surface area contributed by atoms with E-state index < -0.39 is 0 Å². The normalized spacial score (nSPS) is 10.2. The second-order valence-corrected chi connectivity index (χ2v) is 5.21. The van der Waals surface area contributed by atoms with Crippen molar-refractivity contribution >= 4 is 33.8 Å². The van der Waals surface area contributed by atoms with E-state index in [1.807, 2.05) is 30.3 Å². The predicted octanol–water partition coefficient (Wildman–Crippen LogP) is 2.91. The van der Waals surface area contributed by atoms with Crippen LogP contribution >= 0.6 is 22.9 Å². The van der Waals surface area contributed by atoms with E-state index in [1.165, 1.54) is 11.3 Å². The lowest BCUT2D eigenvalue weighted by Gasteiger charge is -2.04. The number of nitrogens with one attached hydrogen (secondary N) is 1. The maximum Gasteiger partial charge on any atom is 0.254 e. The molecular weight excluding hydrogens is 256 g/mol. The van der Waals surface area contributed by atoms with E-state index in [9.17, 15) is 4.79 Å². The highest BCUT2D eigenvalue weighted by atomic mass is 35.5. The number of halogens is 1. The Labute approximate surface area is 108 Å². The van der Waals surface area contributed by atoms with Gasteiger partial charge in [0, 0.05) is 6.54 Å². The second kappa shape index (κ2) is 5.21. The molecule has 5 heteroatoms. The molecule has 0 atom stereocenters. The van der Waals surface area contributed by atoms with Crippen LogP contribution in [0.1, 0.15) is 15.9 Å². The van der Waals surface area contributed by atoms with E-state index in [0.717, 1.165) is 5.56 Å². The fourth-order valence-electron chi connectivity index (χ4n) is 1.42. The van der Waals surface area contributed by atoms with E-state index in [0.29, 0.717) is 21.4 Å². The van der Waals surface area contributed by atoms with Gasteiger partial charge in [-0.3, -0.25) is 4.79 Å². The highest BCUT2D eigenvalue weighted by Gasteiger charge is 2.12. The van der Waals surface area contributed by atoms with Gasteiger partial charge in [-0.2, -0.15) is 0 Å². The Balaban J connectivity index is 2.01. The molecule has 1 aromatic heterocycles. The Morgan fingerprint density at radius 1 is 1.35 bits per heavy atom. The fraction of sp³-hybridized carbons (Fsp3) is 0.0833. The summed E-state index contributed by atoms with van der Waals surface area (Å²) in [5.41, 5.74) is 7.17. The van der Waals surface area contributed by atoms with Crippen LogP contribution in [0.3, 0.4) is 0 Å². The van der Waals surface area contributed by atoms with Gasteiger partial charge in [0.05, 0.1) is 9.90 Å². The first-order chi connectivity index (χ1) is 8.16. The molecule has 3 nitrogen and oxygen atoms in total. The summed E-state index contributed by atoms with van der Waals surface area (Å²) in [6.45, 7) is 0.479. The minimum atomic E-state index is -0.200. The molecule has 0 saturated carbocycles. The Bertz CT molecular complexity index is 525. The third-order valence-corrected chi connectivity index (χ3v) is 3.36. The molecule has 3 N–H and O–H groups in total. The van der Waals surface area contributed by atoms with Gasteiger partial charge >= 0.3 is 0 Å². The van der Waals surface area contributed by atoms with Crippen LogP contribution in [0.25, 0.3) is 0 Å². The summed E-state index contributed by atoms with van der Waals surface area (Å²) in [4.78, 5) is 11.8. The summed E-state index contributed by atoms with van der Waals surface area (Å²) in [5.74, 6) is -0.200. The summed E-state index contributed by atoms with van der Waals surface area (Å²) in [6.07, 6.45) is 0. The highest BCUT2D eigenvalue weighted by molar-refractivity contribution is 7.20. The molecule has 88 valence electrons. The van der Waals surface area contributed by atoms with Gasteiger partial charge in [0.25, 0.3) is 5.91 Å². The van der Waals surface area contributed by atoms with Gasteiger partial charge in [0.15, 0.2) is 0 Å². The molecule has 0 bridgehead atoms. The number of nitrogens with two attached hydrogens (primary N) is 1. The van der Waals surface area contributed by atoms with Gasteiger partial charge in [-0.05, 0) is 11.6 Å². The summed E-state index contributed by atoms with van der Waals surface area (Å²) in [7, 11) is 0. The number of thiophene rings is 1. The lowest BCUT2D eigenvalue weighted by molar-refractivity contribution is 0.0952. The molecule has 1 aromatic carbocycles. The molecule has 0 spiro atoms. The van der Waals surface area contributed by atoms with Crippen molar-refractivity contribution in [1.29, 1.82) is 0 Å². The zero-order chi connectivity index (χ0) is 12.3. The minimum absolute atomic E-state index is 0.200. The first kappa shape index (κ1) is 12.0. The Hall–Kier alpha value is -1.52. The molecule has 2 rings (SSSR count). The summed E-state index contributed by atoms with van der Waals surface area (Å²) < 4.78 is 0.521. The number of hydrogen-bond acceptors (Lipinski definition) is 3. The number of benzene rings is 1. The largest absolute Gasteiger partial charge is 0.390 e. The second-order valence-electron chi connectivity index (χ2n) is 3.50. The van der Waals surface area contributed by atoms with Crippen molar-refractivity contribution in [2.24, 2.45) is 0 Å². The SMILES string of the molecule is Nc1sc(Cl)cc1C(=O)NCc1ccccc1. The lowest BCUT2D eigenvalue weighted by Crippen LogP contribution is -2.22. The van der Waals surface area contributed by atoms with Crippen LogP contribution in [0.5, 0.6) is 0 Å². The number of rotatable bonds is 3. The average Bonchev–Trinajstić information content (AvgIpc) is 2.67. The first-order valence-corrected chi connectivity index (χ1v) is 6.23. The van der Waals surface area contributed by atoms with Gasteiger partial charge < -0.3 is 11.1 Å². The smallest absolute Gasteiger partial charge is 0.254 e. The Morgan fingerprint density at radius 3 is 2.65 bits per heavy atom. The van der Waals surface area contributed by atoms with Crippen LogP contribution in [-0.2, 0) is 6.54 Å². The summed E-state index contributed by atoms with van der Waals surface area (Å²) >= 11 is 6.99. The third kappa shape index (κ3) is 2.99. The van der Waals surface area contributed by atoms with Crippen LogP contribution < -0.4 is 11.1 Å². The maximum absolute atomic E-state index is 11.8. The predicted molar refractivity (Wildman–Crippen MR) is 71.4 cm³/mol. The Kier molecular flexibility index (Phi) is 3.66. The van der Waals surface area contributed by atoms with Crippen molar-refractivity contribution < 1.29 is 4.79 Å². The third-order valence-electron chi connectivity index (χ3n) is 2.27. The van der Waals surface area contributed by atoms with Crippen LogP contribution in [-0.4, -0.2) is 5.91 Å². The average molecular weight is 267 g/mol. The van der Waals surface area contributed by atoms with Crippen LogP contribution in [0.4, 0.5) is 5.00 Å². The number of hydrogen-bond donors (Lipinski definition) is 2. The zero-order valence-electron chi connectivity index (χ0n) is 8.94. The van der Waals surface area contributed by atoms with E-state index in [4.69, 9.17) is 17.3 Å². The lowest BCUT2D eigenvalue weighted by atomic mass is 10.2. The van der Waals surface area contributed by atoms with Crippen molar-refractivity contribution in [3.63, 3.8) is 0 Å².